The van der Waals surface area contributed by atoms with E-state index in [0.717, 1.165) is 21.3 Å². The van der Waals surface area contributed by atoms with Crippen molar-refractivity contribution in [3.05, 3.63) is 36.0 Å². The minimum Gasteiger partial charge on any atom is -0.497 e. The lowest BCUT2D eigenvalue weighted by molar-refractivity contribution is -0.113. The molecule has 4 aromatic rings. The molecule has 1 aromatic carbocycles. The monoisotopic (exact) mass is 404 g/mol. The molecule has 0 aliphatic heterocycles. The summed E-state index contributed by atoms with van der Waals surface area (Å²) in [6, 6.07) is 7.62. The van der Waals surface area contributed by atoms with E-state index >= 15 is 0 Å². The number of aromatic nitrogens is 5. The van der Waals surface area contributed by atoms with Crippen molar-refractivity contribution in [3.63, 3.8) is 0 Å². The van der Waals surface area contributed by atoms with E-state index in [1.165, 1.54) is 40.8 Å². The molecular formula is C15H12N6O2S3. The van der Waals surface area contributed by atoms with E-state index in [1.807, 2.05) is 29.6 Å². The van der Waals surface area contributed by atoms with Gasteiger partial charge in [0, 0.05) is 10.9 Å². The predicted molar refractivity (Wildman–Crippen MR) is 102 cm³/mol. The van der Waals surface area contributed by atoms with Crippen LogP contribution in [0.2, 0.25) is 0 Å². The molecule has 0 aliphatic carbocycles. The average molecular weight is 405 g/mol. The minimum absolute atomic E-state index is 0.128. The molecule has 0 radical (unpaired) electrons. The molecule has 0 aliphatic rings. The molecule has 0 saturated carbocycles. The molecule has 0 fully saturated rings. The number of amides is 1. The second-order valence-electron chi connectivity index (χ2n) is 5.03. The molecule has 0 atom stereocenters. The number of thiazole rings is 1. The Bertz CT molecular complexity index is 1010. The summed E-state index contributed by atoms with van der Waals surface area (Å²) in [5.41, 5.74) is 1.78. The zero-order valence-corrected chi connectivity index (χ0v) is 15.9. The van der Waals surface area contributed by atoms with Crippen molar-refractivity contribution in [2.24, 2.45) is 0 Å². The number of carbonyl (C=O) groups excluding carboxylic acids is 1. The van der Waals surface area contributed by atoms with Gasteiger partial charge in [0.25, 0.3) is 0 Å². The number of fused-ring (bicyclic) bond motifs is 1. The number of benzene rings is 1. The molecule has 11 heteroatoms. The smallest absolute Gasteiger partial charge is 0.236 e. The number of methoxy groups -OCH3 is 1. The number of hydrogen-bond donors (Lipinski definition) is 1. The number of rotatable bonds is 6. The fourth-order valence-corrected chi connectivity index (χ4v) is 4.51. The van der Waals surface area contributed by atoms with Crippen molar-refractivity contribution in [2.75, 3.05) is 18.2 Å². The molecule has 3 aromatic heterocycles. The van der Waals surface area contributed by atoms with Crippen LogP contribution in [0, 0.1) is 0 Å². The predicted octanol–water partition coefficient (Wildman–Crippen LogP) is 3.05. The standard InChI is InChI=1S/C15H12N6O2S3/c1-23-10-4-2-9(3-5-10)11-6-24-13(17-11)18-12(22)7-25-15-20-21-8-16-19-14(21)26-15/h2-6,8H,7H2,1H3,(H,17,18,22). The zero-order valence-electron chi connectivity index (χ0n) is 13.4. The van der Waals surface area contributed by atoms with Gasteiger partial charge < -0.3 is 10.1 Å². The summed E-state index contributed by atoms with van der Waals surface area (Å²) in [5, 5.41) is 17.2. The maximum absolute atomic E-state index is 12.1. The first-order valence-electron chi connectivity index (χ1n) is 7.41. The quantitative estimate of drug-likeness (QED) is 0.494. The average Bonchev–Trinajstić information content (AvgIpc) is 3.36. The molecule has 132 valence electrons. The van der Waals surface area contributed by atoms with Crippen molar-refractivity contribution in [3.8, 4) is 17.0 Å². The molecule has 4 rings (SSSR count). The highest BCUT2D eigenvalue weighted by Crippen LogP contribution is 2.27. The number of carbonyl (C=O) groups is 1. The largest absolute Gasteiger partial charge is 0.497 e. The van der Waals surface area contributed by atoms with Gasteiger partial charge in [0.1, 0.15) is 12.1 Å². The molecule has 0 unspecified atom stereocenters. The van der Waals surface area contributed by atoms with Gasteiger partial charge in [-0.3, -0.25) is 4.79 Å². The molecule has 3 heterocycles. The summed E-state index contributed by atoms with van der Waals surface area (Å²) >= 11 is 4.14. The highest BCUT2D eigenvalue weighted by atomic mass is 32.2. The Morgan fingerprint density at radius 2 is 2.19 bits per heavy atom. The van der Waals surface area contributed by atoms with Crippen LogP contribution in [0.25, 0.3) is 16.2 Å². The van der Waals surface area contributed by atoms with Gasteiger partial charge in [-0.2, -0.15) is 4.52 Å². The van der Waals surface area contributed by atoms with E-state index in [9.17, 15) is 4.79 Å². The van der Waals surface area contributed by atoms with E-state index in [0.29, 0.717) is 10.1 Å². The first-order chi connectivity index (χ1) is 12.7. The van der Waals surface area contributed by atoms with E-state index in [1.54, 1.807) is 11.6 Å². The van der Waals surface area contributed by atoms with E-state index < -0.39 is 0 Å². The highest BCUT2D eigenvalue weighted by molar-refractivity contribution is 8.01. The number of anilines is 1. The van der Waals surface area contributed by atoms with Crippen LogP contribution in [0.5, 0.6) is 5.75 Å². The van der Waals surface area contributed by atoms with Crippen LogP contribution in [0.1, 0.15) is 0 Å². The van der Waals surface area contributed by atoms with Crippen LogP contribution in [0.15, 0.2) is 40.3 Å². The molecule has 1 N–H and O–H groups in total. The fourth-order valence-electron chi connectivity index (χ4n) is 2.11. The molecule has 0 saturated heterocycles. The van der Waals surface area contributed by atoms with Crippen LogP contribution in [-0.4, -0.2) is 43.6 Å². The first-order valence-corrected chi connectivity index (χ1v) is 10.1. The van der Waals surface area contributed by atoms with Crippen molar-refractivity contribution < 1.29 is 9.53 Å². The summed E-state index contributed by atoms with van der Waals surface area (Å²) in [6.45, 7) is 0. The number of hydrogen-bond acceptors (Lipinski definition) is 9. The van der Waals surface area contributed by atoms with Gasteiger partial charge in [-0.25, -0.2) is 4.98 Å². The normalized spacial score (nSPS) is 11.0. The minimum atomic E-state index is -0.128. The Hall–Kier alpha value is -2.50. The van der Waals surface area contributed by atoms with Gasteiger partial charge in [0.2, 0.25) is 10.9 Å². The molecule has 1 amide bonds. The maximum atomic E-state index is 12.1. The lowest BCUT2D eigenvalue weighted by Crippen LogP contribution is -2.13. The summed E-state index contributed by atoms with van der Waals surface area (Å²) in [4.78, 5) is 17.3. The lowest BCUT2D eigenvalue weighted by Gasteiger charge is -2.01. The Balaban J connectivity index is 1.35. The number of nitrogens with zero attached hydrogens (tertiary/aromatic N) is 5. The van der Waals surface area contributed by atoms with Gasteiger partial charge >= 0.3 is 0 Å². The van der Waals surface area contributed by atoms with Crippen molar-refractivity contribution in [1.29, 1.82) is 0 Å². The van der Waals surface area contributed by atoms with Crippen LogP contribution < -0.4 is 10.1 Å². The summed E-state index contributed by atoms with van der Waals surface area (Å²) < 4.78 is 7.51. The SMILES string of the molecule is COc1ccc(-c2csc(NC(=O)CSc3nn4cnnc4s3)n2)cc1. The Labute approximate surface area is 160 Å². The van der Waals surface area contributed by atoms with Crippen molar-refractivity contribution in [1.82, 2.24) is 24.8 Å². The van der Waals surface area contributed by atoms with E-state index in [4.69, 9.17) is 4.74 Å². The van der Waals surface area contributed by atoms with Gasteiger partial charge in [-0.15, -0.1) is 26.6 Å². The van der Waals surface area contributed by atoms with E-state index in [2.05, 4.69) is 25.6 Å². The van der Waals surface area contributed by atoms with Gasteiger partial charge in [-0.05, 0) is 24.3 Å². The Kier molecular flexibility index (Phi) is 4.82. The van der Waals surface area contributed by atoms with Gasteiger partial charge in [0.15, 0.2) is 9.47 Å². The van der Waals surface area contributed by atoms with Crippen LogP contribution in [0.4, 0.5) is 5.13 Å². The van der Waals surface area contributed by atoms with Crippen molar-refractivity contribution >= 4 is 50.4 Å². The molecule has 26 heavy (non-hydrogen) atoms. The molecule has 8 nitrogen and oxygen atoms in total. The second kappa shape index (κ2) is 7.40. The Morgan fingerprint density at radius 3 is 2.96 bits per heavy atom. The zero-order chi connectivity index (χ0) is 17.9. The third kappa shape index (κ3) is 3.69. The molecule has 0 spiro atoms. The Morgan fingerprint density at radius 1 is 1.35 bits per heavy atom. The lowest BCUT2D eigenvalue weighted by atomic mass is 10.2. The van der Waals surface area contributed by atoms with Gasteiger partial charge in [0.05, 0.1) is 18.6 Å². The number of ether oxygens (including phenoxy) is 1. The number of nitrogens with one attached hydrogen (secondary N) is 1. The highest BCUT2D eigenvalue weighted by Gasteiger charge is 2.11. The third-order valence-corrected chi connectivity index (χ3v) is 6.14. The summed E-state index contributed by atoms with van der Waals surface area (Å²) in [6.07, 6.45) is 1.53. The number of thioether (sulfide) groups is 1. The maximum Gasteiger partial charge on any atom is 0.236 e. The molecule has 0 bridgehead atoms. The molecular weight excluding hydrogens is 392 g/mol. The second-order valence-corrected chi connectivity index (χ2v) is 8.07. The van der Waals surface area contributed by atoms with Crippen LogP contribution >= 0.6 is 34.4 Å². The summed E-state index contributed by atoms with van der Waals surface area (Å²) in [5.74, 6) is 0.915. The third-order valence-electron chi connectivity index (χ3n) is 3.33. The fraction of sp³-hybridized carbons (Fsp3) is 0.133. The summed E-state index contributed by atoms with van der Waals surface area (Å²) in [7, 11) is 1.63. The topological polar surface area (TPSA) is 94.3 Å². The van der Waals surface area contributed by atoms with Crippen LogP contribution in [0.3, 0.4) is 0 Å². The first kappa shape index (κ1) is 16.9. The van der Waals surface area contributed by atoms with E-state index in [-0.39, 0.29) is 11.7 Å². The van der Waals surface area contributed by atoms with Crippen LogP contribution in [-0.2, 0) is 4.79 Å². The van der Waals surface area contributed by atoms with Crippen molar-refractivity contribution in [2.45, 2.75) is 4.34 Å². The van der Waals surface area contributed by atoms with Gasteiger partial charge in [-0.1, -0.05) is 23.1 Å².